The van der Waals surface area contributed by atoms with Gasteiger partial charge in [0.05, 0.1) is 0 Å². The number of hydrogen-bond donors (Lipinski definition) is 3. The van der Waals surface area contributed by atoms with Crippen LogP contribution >= 0.6 is 0 Å². The van der Waals surface area contributed by atoms with Gasteiger partial charge in [-0.2, -0.15) is 0 Å². The lowest BCUT2D eigenvalue weighted by Crippen LogP contribution is -2.24. The van der Waals surface area contributed by atoms with E-state index in [1.807, 2.05) is 0 Å². The van der Waals surface area contributed by atoms with E-state index in [-0.39, 0.29) is 6.04 Å². The first-order valence-electron chi connectivity index (χ1n) is 2.11. The van der Waals surface area contributed by atoms with Crippen LogP contribution in [0.3, 0.4) is 0 Å². The van der Waals surface area contributed by atoms with Crippen LogP contribution in [0.5, 0.6) is 0 Å². The minimum Gasteiger partial charge on any atom is -0.403 e. The summed E-state index contributed by atoms with van der Waals surface area (Å²) in [4.78, 5) is 0. The maximum atomic E-state index is 5.27. The SMILES string of the molecule is CC(N)/C(N)=C/N. The summed E-state index contributed by atoms with van der Waals surface area (Å²) in [5, 5.41) is 0. The van der Waals surface area contributed by atoms with Crippen molar-refractivity contribution in [1.29, 1.82) is 0 Å². The molecule has 3 nitrogen and oxygen atoms in total. The fourth-order valence-electron chi connectivity index (χ4n) is 0.152. The van der Waals surface area contributed by atoms with Crippen LogP contribution in [0.4, 0.5) is 0 Å². The first-order chi connectivity index (χ1) is 3.18. The molecule has 0 aromatic rings. The zero-order valence-corrected chi connectivity index (χ0v) is 4.39. The highest BCUT2D eigenvalue weighted by Crippen LogP contribution is 1.82. The maximum absolute atomic E-state index is 5.27. The van der Waals surface area contributed by atoms with Crippen molar-refractivity contribution in [3.05, 3.63) is 11.9 Å². The molecule has 1 atom stereocenters. The van der Waals surface area contributed by atoms with Gasteiger partial charge in [-0.15, -0.1) is 0 Å². The predicted octanol–water partition coefficient (Wildman–Crippen LogP) is -0.908. The van der Waals surface area contributed by atoms with E-state index in [2.05, 4.69) is 0 Å². The molecule has 0 aromatic carbocycles. The average Bonchev–Trinajstić information content (AvgIpc) is 1.65. The molecule has 7 heavy (non-hydrogen) atoms. The fourth-order valence-corrected chi connectivity index (χ4v) is 0.152. The summed E-state index contributed by atoms with van der Waals surface area (Å²) in [6, 6.07) is -0.120. The molecule has 42 valence electrons. The summed E-state index contributed by atoms with van der Waals surface area (Å²) in [5.41, 5.74) is 16.0. The summed E-state index contributed by atoms with van der Waals surface area (Å²) >= 11 is 0. The van der Waals surface area contributed by atoms with Crippen LogP contribution in [0.1, 0.15) is 6.92 Å². The number of hydrogen-bond acceptors (Lipinski definition) is 3. The Bertz CT molecular complexity index is 75.0. The Balaban J connectivity index is 3.56. The zero-order chi connectivity index (χ0) is 5.86. The topological polar surface area (TPSA) is 78.1 Å². The largest absolute Gasteiger partial charge is 0.403 e. The fraction of sp³-hybridized carbons (Fsp3) is 0.500. The molecule has 0 rings (SSSR count). The lowest BCUT2D eigenvalue weighted by atomic mass is 10.3. The molecule has 0 spiro atoms. The summed E-state index contributed by atoms with van der Waals surface area (Å²) in [6.07, 6.45) is 1.31. The van der Waals surface area contributed by atoms with Gasteiger partial charge in [-0.1, -0.05) is 0 Å². The standard InChI is InChI=1S/C4H11N3/c1-3(6)4(7)2-5/h2-3H,5-7H2,1H3/b4-2-. The van der Waals surface area contributed by atoms with Gasteiger partial charge in [0, 0.05) is 17.9 Å². The molecule has 0 saturated carbocycles. The highest BCUT2D eigenvalue weighted by atomic mass is 14.7. The summed E-state index contributed by atoms with van der Waals surface area (Å²) in [7, 11) is 0. The second-order valence-electron chi connectivity index (χ2n) is 1.46. The molecule has 0 aliphatic carbocycles. The first-order valence-corrected chi connectivity index (χ1v) is 2.11. The van der Waals surface area contributed by atoms with Gasteiger partial charge in [0.25, 0.3) is 0 Å². The van der Waals surface area contributed by atoms with Gasteiger partial charge < -0.3 is 17.2 Å². The smallest absolute Gasteiger partial charge is 0.0428 e. The van der Waals surface area contributed by atoms with E-state index in [0.29, 0.717) is 5.70 Å². The third-order valence-electron chi connectivity index (χ3n) is 0.718. The van der Waals surface area contributed by atoms with E-state index >= 15 is 0 Å². The van der Waals surface area contributed by atoms with E-state index in [1.165, 1.54) is 6.20 Å². The van der Waals surface area contributed by atoms with Gasteiger partial charge in [-0.25, -0.2) is 0 Å². The third kappa shape index (κ3) is 2.05. The minimum absolute atomic E-state index is 0.120. The molecule has 1 unspecified atom stereocenters. The van der Waals surface area contributed by atoms with Gasteiger partial charge in [0.15, 0.2) is 0 Å². The second kappa shape index (κ2) is 2.47. The molecule has 0 aliphatic rings. The Hall–Kier alpha value is -0.700. The van der Waals surface area contributed by atoms with Crippen molar-refractivity contribution in [2.45, 2.75) is 13.0 Å². The molecule has 0 bridgehead atoms. The normalized spacial score (nSPS) is 16.6. The third-order valence-corrected chi connectivity index (χ3v) is 0.718. The van der Waals surface area contributed by atoms with Crippen LogP contribution in [0, 0.1) is 0 Å². The number of nitrogens with two attached hydrogens (primary N) is 3. The Kier molecular flexibility index (Phi) is 2.22. The predicted molar refractivity (Wildman–Crippen MR) is 30.1 cm³/mol. The van der Waals surface area contributed by atoms with Crippen molar-refractivity contribution in [2.24, 2.45) is 17.2 Å². The van der Waals surface area contributed by atoms with E-state index in [1.54, 1.807) is 6.92 Å². The molecular formula is C4H11N3. The molecule has 0 heterocycles. The summed E-state index contributed by atoms with van der Waals surface area (Å²) in [5.74, 6) is 0. The molecule has 3 heteroatoms. The molecule has 6 N–H and O–H groups in total. The maximum Gasteiger partial charge on any atom is 0.0428 e. The Morgan fingerprint density at radius 2 is 2.14 bits per heavy atom. The quantitative estimate of drug-likeness (QED) is 0.400. The zero-order valence-electron chi connectivity index (χ0n) is 4.39. The average molecular weight is 101 g/mol. The minimum atomic E-state index is -0.120. The van der Waals surface area contributed by atoms with Crippen LogP contribution in [-0.2, 0) is 0 Å². The number of rotatable bonds is 1. The molecule has 0 amide bonds. The molecule has 0 aromatic heterocycles. The van der Waals surface area contributed by atoms with Crippen LogP contribution < -0.4 is 17.2 Å². The van der Waals surface area contributed by atoms with Gasteiger partial charge >= 0.3 is 0 Å². The second-order valence-corrected chi connectivity index (χ2v) is 1.46. The Labute approximate surface area is 43.2 Å². The van der Waals surface area contributed by atoms with Crippen molar-refractivity contribution in [1.82, 2.24) is 0 Å². The van der Waals surface area contributed by atoms with Crippen molar-refractivity contribution in [3.8, 4) is 0 Å². The van der Waals surface area contributed by atoms with Gasteiger partial charge in [-0.3, -0.25) is 0 Å². The Morgan fingerprint density at radius 1 is 1.71 bits per heavy atom. The Morgan fingerprint density at radius 3 is 2.14 bits per heavy atom. The molecule has 0 aliphatic heterocycles. The highest BCUT2D eigenvalue weighted by Gasteiger charge is 1.91. The van der Waals surface area contributed by atoms with Crippen LogP contribution in [0.2, 0.25) is 0 Å². The van der Waals surface area contributed by atoms with Crippen LogP contribution in [-0.4, -0.2) is 6.04 Å². The highest BCUT2D eigenvalue weighted by molar-refractivity contribution is 5.00. The first kappa shape index (κ1) is 6.30. The van der Waals surface area contributed by atoms with E-state index in [4.69, 9.17) is 17.2 Å². The molecule has 0 fully saturated rings. The van der Waals surface area contributed by atoms with Gasteiger partial charge in [-0.05, 0) is 6.92 Å². The summed E-state index contributed by atoms with van der Waals surface area (Å²) < 4.78 is 0. The molecular weight excluding hydrogens is 90.1 g/mol. The van der Waals surface area contributed by atoms with Gasteiger partial charge in [0.2, 0.25) is 0 Å². The van der Waals surface area contributed by atoms with Gasteiger partial charge in [0.1, 0.15) is 0 Å². The van der Waals surface area contributed by atoms with Crippen molar-refractivity contribution < 1.29 is 0 Å². The van der Waals surface area contributed by atoms with E-state index in [9.17, 15) is 0 Å². The lowest BCUT2D eigenvalue weighted by Gasteiger charge is -2.00. The summed E-state index contributed by atoms with van der Waals surface area (Å²) in [6.45, 7) is 1.78. The van der Waals surface area contributed by atoms with Crippen LogP contribution in [0.25, 0.3) is 0 Å². The van der Waals surface area contributed by atoms with E-state index in [0.717, 1.165) is 0 Å². The van der Waals surface area contributed by atoms with Crippen molar-refractivity contribution in [3.63, 3.8) is 0 Å². The molecule has 0 saturated heterocycles. The lowest BCUT2D eigenvalue weighted by molar-refractivity contribution is 0.842. The molecule has 0 radical (unpaired) electrons. The van der Waals surface area contributed by atoms with Crippen LogP contribution in [0.15, 0.2) is 11.9 Å². The van der Waals surface area contributed by atoms with Crippen molar-refractivity contribution >= 4 is 0 Å². The van der Waals surface area contributed by atoms with Crippen molar-refractivity contribution in [2.75, 3.05) is 0 Å². The van der Waals surface area contributed by atoms with E-state index < -0.39 is 0 Å². The monoisotopic (exact) mass is 101 g/mol.